The first-order valence-corrected chi connectivity index (χ1v) is 13.1. The van der Waals surface area contributed by atoms with Crippen molar-refractivity contribution >= 4 is 29.2 Å². The van der Waals surface area contributed by atoms with E-state index in [1.54, 1.807) is 6.08 Å². The second-order valence-electron chi connectivity index (χ2n) is 10.9. The van der Waals surface area contributed by atoms with E-state index in [9.17, 15) is 14.4 Å². The number of fused-ring (bicyclic) bond motifs is 1. The summed E-state index contributed by atoms with van der Waals surface area (Å²) in [5, 5.41) is 9.24. The highest BCUT2D eigenvalue weighted by Gasteiger charge is 2.37. The molecule has 10 heteroatoms. The molecule has 2 amide bonds. The molecular weight excluding hydrogens is 512 g/mol. The zero-order valence-electron chi connectivity index (χ0n) is 22.8. The van der Waals surface area contributed by atoms with Crippen LogP contribution in [0.3, 0.4) is 0 Å². The molecule has 3 N–H and O–H groups in total. The summed E-state index contributed by atoms with van der Waals surface area (Å²) >= 11 is 0. The van der Waals surface area contributed by atoms with Gasteiger partial charge in [0.25, 0.3) is 0 Å². The quantitative estimate of drug-likeness (QED) is 0.420. The molecule has 2 unspecified atom stereocenters. The van der Waals surface area contributed by atoms with Crippen molar-refractivity contribution < 1.29 is 28.3 Å². The number of hydrogen-bond acceptors (Lipinski definition) is 8. The van der Waals surface area contributed by atoms with Crippen molar-refractivity contribution in [2.45, 2.75) is 51.8 Å². The molecule has 3 aromatic rings. The lowest BCUT2D eigenvalue weighted by Gasteiger charge is -2.30. The molecule has 2 aliphatic rings. The van der Waals surface area contributed by atoms with Crippen molar-refractivity contribution in [2.24, 2.45) is 5.41 Å². The molecule has 3 heterocycles. The highest BCUT2D eigenvalue weighted by atomic mass is 16.5. The fourth-order valence-electron chi connectivity index (χ4n) is 4.80. The third-order valence-electron chi connectivity index (χ3n) is 6.90. The number of rotatable bonds is 4. The molecule has 5 rings (SSSR count). The Labute approximate surface area is 232 Å². The molecule has 0 spiro atoms. The van der Waals surface area contributed by atoms with Gasteiger partial charge in [-0.2, -0.15) is 0 Å². The molecular formula is C30H32N4O6. The number of hydrogen-bond donors (Lipinski definition) is 3. The maximum atomic E-state index is 13.7. The van der Waals surface area contributed by atoms with E-state index in [0.29, 0.717) is 12.2 Å². The molecule has 10 nitrogen and oxygen atoms in total. The van der Waals surface area contributed by atoms with Crippen molar-refractivity contribution in [3.63, 3.8) is 0 Å². The smallest absolute Gasteiger partial charge is 0.360 e. The van der Waals surface area contributed by atoms with Crippen LogP contribution in [0.5, 0.6) is 5.75 Å². The predicted octanol–water partition coefficient (Wildman–Crippen LogP) is 4.01. The fourth-order valence-corrected chi connectivity index (χ4v) is 4.80. The normalized spacial score (nSPS) is 22.3. The second kappa shape index (κ2) is 10.9. The first-order valence-electron chi connectivity index (χ1n) is 13.1. The van der Waals surface area contributed by atoms with E-state index in [1.165, 1.54) is 13.4 Å². The number of aryl methyl sites for hydroxylation is 1. The van der Waals surface area contributed by atoms with Crippen LogP contribution in [0.4, 0.5) is 5.69 Å². The van der Waals surface area contributed by atoms with Crippen molar-refractivity contribution in [3.05, 3.63) is 83.6 Å². The summed E-state index contributed by atoms with van der Waals surface area (Å²) < 4.78 is 16.7. The minimum Gasteiger partial charge on any atom is -0.469 e. The highest BCUT2D eigenvalue weighted by Crippen LogP contribution is 2.41. The molecule has 2 aromatic carbocycles. The van der Waals surface area contributed by atoms with Gasteiger partial charge in [0, 0.05) is 17.7 Å². The number of oxazole rings is 1. The minimum absolute atomic E-state index is 0.0191. The van der Waals surface area contributed by atoms with Crippen LogP contribution in [-0.4, -0.2) is 42.1 Å². The van der Waals surface area contributed by atoms with E-state index >= 15 is 0 Å². The van der Waals surface area contributed by atoms with Gasteiger partial charge in [0.2, 0.25) is 17.7 Å². The Morgan fingerprint density at radius 1 is 1.10 bits per heavy atom. The highest BCUT2D eigenvalue weighted by molar-refractivity contribution is 5.94. The molecule has 3 atom stereocenters. The van der Waals surface area contributed by atoms with Gasteiger partial charge in [-0.1, -0.05) is 51.1 Å². The first kappa shape index (κ1) is 27.0. The van der Waals surface area contributed by atoms with Crippen LogP contribution in [0.2, 0.25) is 0 Å². The first-order chi connectivity index (χ1) is 19.1. The third kappa shape index (κ3) is 5.70. The SMILES string of the molecule is COC(=O)c1coc(/C2=C\C3c4cc(ccc4O[C@H]3Nc3ccccc3)CCC(=O)NC(C(C)(C)C)C(=O)N2)n1. The van der Waals surface area contributed by atoms with Gasteiger partial charge in [-0.3, -0.25) is 9.59 Å². The summed E-state index contributed by atoms with van der Waals surface area (Å²) in [4.78, 5) is 43.0. The van der Waals surface area contributed by atoms with Gasteiger partial charge in [0.05, 0.1) is 13.0 Å². The largest absolute Gasteiger partial charge is 0.469 e. The number of carbonyl (C=O) groups is 3. The summed E-state index contributed by atoms with van der Waals surface area (Å²) in [5.74, 6) is -1.04. The van der Waals surface area contributed by atoms with Crippen LogP contribution in [0.15, 0.2) is 65.3 Å². The summed E-state index contributed by atoms with van der Waals surface area (Å²) in [6, 6.07) is 14.7. The number of amides is 2. The van der Waals surface area contributed by atoms with Crippen molar-refractivity contribution in [2.75, 3.05) is 12.4 Å². The van der Waals surface area contributed by atoms with Crippen LogP contribution in [-0.2, 0) is 20.7 Å². The Balaban J connectivity index is 1.63. The molecule has 0 aliphatic carbocycles. The number of nitrogens with one attached hydrogen (secondary N) is 3. The predicted molar refractivity (Wildman–Crippen MR) is 147 cm³/mol. The third-order valence-corrected chi connectivity index (χ3v) is 6.90. The molecule has 1 aromatic heterocycles. The zero-order chi connectivity index (χ0) is 28.4. The van der Waals surface area contributed by atoms with Gasteiger partial charge in [0.15, 0.2) is 11.9 Å². The number of ether oxygens (including phenoxy) is 2. The van der Waals surface area contributed by atoms with Gasteiger partial charge < -0.3 is 29.8 Å². The maximum Gasteiger partial charge on any atom is 0.360 e. The van der Waals surface area contributed by atoms with Crippen LogP contribution in [0.25, 0.3) is 5.70 Å². The van der Waals surface area contributed by atoms with Crippen LogP contribution < -0.4 is 20.7 Å². The van der Waals surface area contributed by atoms with Gasteiger partial charge >= 0.3 is 5.97 Å². The van der Waals surface area contributed by atoms with Crippen molar-refractivity contribution in [3.8, 4) is 5.75 Å². The Bertz CT molecular complexity index is 1460. The molecule has 208 valence electrons. The van der Waals surface area contributed by atoms with Crippen molar-refractivity contribution in [1.82, 2.24) is 15.6 Å². The lowest BCUT2D eigenvalue weighted by atomic mass is 9.86. The lowest BCUT2D eigenvalue weighted by molar-refractivity contribution is -0.130. The lowest BCUT2D eigenvalue weighted by Crippen LogP contribution is -2.53. The molecule has 2 aliphatic heterocycles. The fraction of sp³-hybridized carbons (Fsp3) is 0.333. The molecule has 0 radical (unpaired) electrons. The van der Waals surface area contributed by atoms with Crippen LogP contribution in [0, 0.1) is 5.41 Å². The molecule has 0 saturated carbocycles. The molecule has 40 heavy (non-hydrogen) atoms. The number of esters is 1. The zero-order valence-corrected chi connectivity index (χ0v) is 22.8. The monoisotopic (exact) mass is 544 g/mol. The van der Waals surface area contributed by atoms with E-state index in [2.05, 4.69) is 20.9 Å². The minimum atomic E-state index is -0.851. The summed E-state index contributed by atoms with van der Waals surface area (Å²) in [5.41, 5.74) is 2.29. The maximum absolute atomic E-state index is 13.7. The van der Waals surface area contributed by atoms with E-state index in [4.69, 9.17) is 13.9 Å². The Hall–Kier alpha value is -4.60. The number of benzene rings is 2. The number of anilines is 1. The van der Waals surface area contributed by atoms with E-state index < -0.39 is 35.5 Å². The molecule has 0 fully saturated rings. The van der Waals surface area contributed by atoms with E-state index in [-0.39, 0.29) is 29.6 Å². The summed E-state index contributed by atoms with van der Waals surface area (Å²) in [7, 11) is 1.25. The number of nitrogens with zero attached hydrogens (tertiary/aromatic N) is 1. The number of methoxy groups -OCH3 is 1. The topological polar surface area (TPSA) is 132 Å². The van der Waals surface area contributed by atoms with E-state index in [0.717, 1.165) is 16.8 Å². The second-order valence-corrected chi connectivity index (χ2v) is 10.9. The van der Waals surface area contributed by atoms with Gasteiger partial charge in [-0.15, -0.1) is 0 Å². The number of para-hydroxylation sites is 1. The summed E-state index contributed by atoms with van der Waals surface area (Å²) in [6.45, 7) is 5.62. The Morgan fingerprint density at radius 2 is 1.88 bits per heavy atom. The number of aromatic nitrogens is 1. The van der Waals surface area contributed by atoms with Crippen LogP contribution >= 0.6 is 0 Å². The average Bonchev–Trinajstić information content (AvgIpc) is 3.54. The average molecular weight is 545 g/mol. The van der Waals surface area contributed by atoms with E-state index in [1.807, 2.05) is 69.3 Å². The number of carbonyl (C=O) groups excluding carboxylic acids is 3. The standard InChI is InChI=1S/C30H32N4O6/c1-30(2,3)25-26(36)32-21(28-33-22(16-39-28)29(37)38-4)15-20-19-14-17(11-13-24(35)34-25)10-12-23(19)40-27(20)31-18-8-6-5-7-9-18/h5-10,12,14-16,20,25,27,31H,11,13H2,1-4H3,(H,32,36)(H,34,35)/b21-15+/t20?,25?,27-/m1/s1. The Kier molecular flexibility index (Phi) is 7.34. The van der Waals surface area contributed by atoms with Crippen molar-refractivity contribution in [1.29, 1.82) is 0 Å². The Morgan fingerprint density at radius 3 is 2.60 bits per heavy atom. The summed E-state index contributed by atoms with van der Waals surface area (Å²) in [6.07, 6.45) is 3.17. The molecule has 2 bridgehead atoms. The van der Waals surface area contributed by atoms with Gasteiger partial charge in [-0.25, -0.2) is 9.78 Å². The van der Waals surface area contributed by atoms with Crippen LogP contribution in [0.1, 0.15) is 60.6 Å². The van der Waals surface area contributed by atoms with Gasteiger partial charge in [-0.05, 0) is 41.7 Å². The molecule has 0 saturated heterocycles. The van der Waals surface area contributed by atoms with Gasteiger partial charge in [0.1, 0.15) is 23.8 Å².